The maximum atomic E-state index is 11.6. The van der Waals surface area contributed by atoms with E-state index in [-0.39, 0.29) is 6.04 Å². The van der Waals surface area contributed by atoms with Crippen molar-refractivity contribution in [2.75, 3.05) is 13.7 Å². The molecule has 1 aliphatic carbocycles. The molecular formula is C16H21NO3. The van der Waals surface area contributed by atoms with E-state index in [0.29, 0.717) is 18.4 Å². The summed E-state index contributed by atoms with van der Waals surface area (Å²) in [6.45, 7) is 1.64. The lowest BCUT2D eigenvalue weighted by molar-refractivity contribution is -0.143. The van der Waals surface area contributed by atoms with Crippen LogP contribution in [0.25, 0.3) is 0 Å². The van der Waals surface area contributed by atoms with Crippen molar-refractivity contribution >= 4 is 5.97 Å². The van der Waals surface area contributed by atoms with Gasteiger partial charge in [-0.15, -0.1) is 0 Å². The maximum Gasteiger partial charge on any atom is 0.321 e. The van der Waals surface area contributed by atoms with Crippen LogP contribution in [0.1, 0.15) is 24.8 Å². The number of hydrogen-bond donors (Lipinski definition) is 1. The largest absolute Gasteiger partial charge is 0.497 e. The van der Waals surface area contributed by atoms with E-state index in [1.807, 2.05) is 24.3 Å². The zero-order valence-electron chi connectivity index (χ0n) is 11.8. The number of fused-ring (bicyclic) bond motifs is 1. The lowest BCUT2D eigenvalue weighted by Crippen LogP contribution is -2.39. The van der Waals surface area contributed by atoms with Gasteiger partial charge in [0.15, 0.2) is 0 Å². The van der Waals surface area contributed by atoms with E-state index in [9.17, 15) is 9.90 Å². The molecule has 4 nitrogen and oxygen atoms in total. The van der Waals surface area contributed by atoms with E-state index < -0.39 is 5.97 Å². The van der Waals surface area contributed by atoms with Gasteiger partial charge >= 0.3 is 5.97 Å². The van der Waals surface area contributed by atoms with Crippen LogP contribution in [0.2, 0.25) is 0 Å². The lowest BCUT2D eigenvalue weighted by atomic mass is 9.94. The molecule has 0 radical (unpaired) electrons. The van der Waals surface area contributed by atoms with E-state index in [0.717, 1.165) is 24.3 Å². The molecule has 2 fully saturated rings. The van der Waals surface area contributed by atoms with Gasteiger partial charge in [-0.25, -0.2) is 0 Å². The molecule has 20 heavy (non-hydrogen) atoms. The van der Waals surface area contributed by atoms with Crippen LogP contribution < -0.4 is 4.74 Å². The summed E-state index contributed by atoms with van der Waals surface area (Å²) in [6.07, 6.45) is 3.45. The molecule has 2 aliphatic rings. The fraction of sp³-hybridized carbons (Fsp3) is 0.562. The van der Waals surface area contributed by atoms with Crippen LogP contribution >= 0.6 is 0 Å². The van der Waals surface area contributed by atoms with Crippen molar-refractivity contribution in [1.29, 1.82) is 0 Å². The van der Waals surface area contributed by atoms with Crippen molar-refractivity contribution in [3.05, 3.63) is 29.8 Å². The third kappa shape index (κ3) is 2.40. The smallest absolute Gasteiger partial charge is 0.321 e. The fourth-order valence-corrected chi connectivity index (χ4v) is 3.86. The summed E-state index contributed by atoms with van der Waals surface area (Å²) in [5.74, 6) is 1.11. The number of carboxylic acid groups (broad SMARTS) is 1. The number of nitrogens with zero attached hydrogens (tertiary/aromatic N) is 1. The maximum absolute atomic E-state index is 11.6. The molecule has 0 spiro atoms. The third-order valence-electron chi connectivity index (χ3n) is 4.78. The van der Waals surface area contributed by atoms with Crippen molar-refractivity contribution < 1.29 is 14.6 Å². The molecule has 0 aromatic heterocycles. The molecule has 3 unspecified atom stereocenters. The Kier molecular flexibility index (Phi) is 3.66. The first kappa shape index (κ1) is 13.4. The minimum absolute atomic E-state index is 0.301. The van der Waals surface area contributed by atoms with E-state index in [1.54, 1.807) is 7.11 Å². The molecule has 3 rings (SSSR count). The van der Waals surface area contributed by atoms with Crippen LogP contribution in [0.4, 0.5) is 0 Å². The van der Waals surface area contributed by atoms with Gasteiger partial charge in [0.25, 0.3) is 0 Å². The minimum Gasteiger partial charge on any atom is -0.497 e. The normalized spacial score (nSPS) is 29.4. The lowest BCUT2D eigenvalue weighted by Gasteiger charge is -2.24. The molecule has 1 aliphatic heterocycles. The summed E-state index contributed by atoms with van der Waals surface area (Å²) in [7, 11) is 1.65. The van der Waals surface area contributed by atoms with Crippen molar-refractivity contribution in [3.8, 4) is 5.75 Å². The zero-order valence-corrected chi connectivity index (χ0v) is 11.8. The van der Waals surface area contributed by atoms with E-state index in [2.05, 4.69) is 4.90 Å². The number of methoxy groups -OCH3 is 1. The Morgan fingerprint density at radius 2 is 2.10 bits per heavy atom. The first-order valence-electron chi connectivity index (χ1n) is 7.29. The highest BCUT2D eigenvalue weighted by Crippen LogP contribution is 2.42. The standard InChI is InChI=1S/C16H21NO3/c1-20-13-7-5-11(6-8-13)9-17-10-12-3-2-4-14(12)15(17)16(18)19/h5-8,12,14-15H,2-4,9-10H2,1H3,(H,18,19). The first-order valence-corrected chi connectivity index (χ1v) is 7.29. The summed E-state index contributed by atoms with van der Waals surface area (Å²) in [5, 5.41) is 9.53. The predicted molar refractivity (Wildman–Crippen MR) is 75.7 cm³/mol. The Morgan fingerprint density at radius 1 is 1.35 bits per heavy atom. The van der Waals surface area contributed by atoms with E-state index in [4.69, 9.17) is 4.74 Å². The van der Waals surface area contributed by atoms with Gasteiger partial charge in [0, 0.05) is 13.1 Å². The molecule has 0 amide bonds. The third-order valence-corrected chi connectivity index (χ3v) is 4.78. The number of carbonyl (C=O) groups is 1. The Hall–Kier alpha value is -1.55. The number of hydrogen-bond acceptors (Lipinski definition) is 3. The topological polar surface area (TPSA) is 49.8 Å². The molecule has 1 aromatic carbocycles. The average molecular weight is 275 g/mol. The van der Waals surface area contributed by atoms with Crippen LogP contribution in [0.15, 0.2) is 24.3 Å². The van der Waals surface area contributed by atoms with Crippen LogP contribution in [-0.4, -0.2) is 35.7 Å². The van der Waals surface area contributed by atoms with Crippen molar-refractivity contribution in [2.45, 2.75) is 31.8 Å². The van der Waals surface area contributed by atoms with Gasteiger partial charge in [0.2, 0.25) is 0 Å². The molecule has 4 heteroatoms. The predicted octanol–water partition coefficient (Wildman–Crippen LogP) is 2.38. The van der Waals surface area contributed by atoms with Crippen molar-refractivity contribution in [2.24, 2.45) is 11.8 Å². The van der Waals surface area contributed by atoms with Gasteiger partial charge in [0.1, 0.15) is 11.8 Å². The van der Waals surface area contributed by atoms with Gasteiger partial charge in [-0.2, -0.15) is 0 Å². The van der Waals surface area contributed by atoms with Gasteiger partial charge in [-0.1, -0.05) is 18.6 Å². The summed E-state index contributed by atoms with van der Waals surface area (Å²) >= 11 is 0. The second kappa shape index (κ2) is 5.44. The number of aliphatic carboxylic acids is 1. The fourth-order valence-electron chi connectivity index (χ4n) is 3.86. The van der Waals surface area contributed by atoms with Crippen LogP contribution in [-0.2, 0) is 11.3 Å². The highest BCUT2D eigenvalue weighted by molar-refractivity contribution is 5.74. The van der Waals surface area contributed by atoms with E-state index in [1.165, 1.54) is 12.8 Å². The number of ether oxygens (including phenoxy) is 1. The summed E-state index contributed by atoms with van der Waals surface area (Å²) in [5.41, 5.74) is 1.15. The van der Waals surface area contributed by atoms with Crippen LogP contribution in [0.5, 0.6) is 5.75 Å². The first-order chi connectivity index (χ1) is 9.69. The average Bonchev–Trinajstić information content (AvgIpc) is 2.99. The SMILES string of the molecule is COc1ccc(CN2CC3CCCC3C2C(=O)O)cc1. The second-order valence-electron chi connectivity index (χ2n) is 5.92. The summed E-state index contributed by atoms with van der Waals surface area (Å²) in [4.78, 5) is 13.7. The molecular weight excluding hydrogens is 254 g/mol. The molecule has 1 saturated heterocycles. The van der Waals surface area contributed by atoms with Crippen molar-refractivity contribution in [3.63, 3.8) is 0 Å². The molecule has 108 valence electrons. The number of benzene rings is 1. The number of rotatable bonds is 4. The second-order valence-corrected chi connectivity index (χ2v) is 5.92. The quantitative estimate of drug-likeness (QED) is 0.916. The summed E-state index contributed by atoms with van der Waals surface area (Å²) < 4.78 is 5.15. The summed E-state index contributed by atoms with van der Waals surface area (Å²) in [6, 6.07) is 7.60. The zero-order chi connectivity index (χ0) is 14.1. The van der Waals surface area contributed by atoms with Crippen LogP contribution in [0.3, 0.4) is 0 Å². The minimum atomic E-state index is -0.659. The Balaban J connectivity index is 1.73. The molecule has 0 bridgehead atoms. The van der Waals surface area contributed by atoms with Gasteiger partial charge in [-0.05, 0) is 42.4 Å². The molecule has 1 heterocycles. The number of likely N-dealkylation sites (tertiary alicyclic amines) is 1. The Bertz CT molecular complexity index is 485. The van der Waals surface area contributed by atoms with Crippen molar-refractivity contribution in [1.82, 2.24) is 4.90 Å². The highest BCUT2D eigenvalue weighted by atomic mass is 16.5. The molecule has 1 aromatic rings. The van der Waals surface area contributed by atoms with E-state index >= 15 is 0 Å². The number of carboxylic acids is 1. The van der Waals surface area contributed by atoms with Gasteiger partial charge in [0.05, 0.1) is 7.11 Å². The Labute approximate surface area is 119 Å². The monoisotopic (exact) mass is 275 g/mol. The highest BCUT2D eigenvalue weighted by Gasteiger charge is 2.47. The van der Waals surface area contributed by atoms with Crippen LogP contribution in [0, 0.1) is 11.8 Å². The molecule has 1 saturated carbocycles. The van der Waals surface area contributed by atoms with Gasteiger partial charge < -0.3 is 9.84 Å². The molecule has 3 atom stereocenters. The van der Waals surface area contributed by atoms with Gasteiger partial charge in [-0.3, -0.25) is 9.69 Å². The molecule has 1 N–H and O–H groups in total. The Morgan fingerprint density at radius 3 is 2.75 bits per heavy atom.